The molecule has 3 heterocycles. The lowest BCUT2D eigenvalue weighted by molar-refractivity contribution is -0.144. The molecule has 13 heteroatoms. The van der Waals surface area contributed by atoms with Crippen LogP contribution in [-0.4, -0.2) is 78.1 Å². The average Bonchev–Trinajstić information content (AvgIpc) is 3.56. The molecule has 2 aliphatic carbocycles. The minimum atomic E-state index is -3.69. The predicted molar refractivity (Wildman–Crippen MR) is 204 cm³/mol. The number of carbonyl (C=O) groups is 5. The number of rotatable bonds is 16. The van der Waals surface area contributed by atoms with Gasteiger partial charge in [0.2, 0.25) is 21.7 Å². The molecule has 0 bridgehead atoms. The van der Waals surface area contributed by atoms with Crippen LogP contribution in [0.25, 0.3) is 0 Å². The molecule has 2 aliphatic heterocycles. The minimum Gasteiger partial charge on any atom is -0.334 e. The molecule has 1 aromatic heterocycles. The van der Waals surface area contributed by atoms with E-state index in [1.54, 1.807) is 22.4 Å². The Balaban J connectivity index is 1.35. The number of hydrogen-bond donors (Lipinski definition) is 2. The van der Waals surface area contributed by atoms with E-state index in [0.717, 1.165) is 37.0 Å². The zero-order chi connectivity index (χ0) is 38.9. The van der Waals surface area contributed by atoms with Gasteiger partial charge in [0.25, 0.3) is 0 Å². The standard InChI is InChI=1S/C40H56N4O7S2/c1-8-10-15-26(36(47)28(45)18-11-9-2)21-29(46)35-33-27(40(33,6)7)22-44(35)37(48)34(25-16-13-12-14-17-25)42-38(49)41-32(39(3,4)5)24-43-23-30-31(19-20-52-30)53(43,50)51/h1,9,19-20,25-27,32-35H,2,10-18,21-24H2,3-7H3,(H2,41,42,49)/t26?,27-,32+,33-,34-,35+/m0/s1. The Morgan fingerprint density at radius 3 is 2.45 bits per heavy atom. The highest BCUT2D eigenvalue weighted by Gasteiger charge is 2.69. The summed E-state index contributed by atoms with van der Waals surface area (Å²) in [6.07, 6.45) is 12.1. The van der Waals surface area contributed by atoms with E-state index in [-0.39, 0.29) is 73.6 Å². The number of amides is 3. The number of nitrogens with one attached hydrogen (secondary N) is 2. The minimum absolute atomic E-state index is 0.0188. The molecule has 2 N–H and O–H groups in total. The van der Waals surface area contributed by atoms with Crippen molar-refractivity contribution in [2.45, 2.75) is 128 Å². The van der Waals surface area contributed by atoms with Crippen LogP contribution in [0.2, 0.25) is 0 Å². The first-order valence-electron chi connectivity index (χ1n) is 19.0. The van der Waals surface area contributed by atoms with Crippen LogP contribution in [0.5, 0.6) is 0 Å². The van der Waals surface area contributed by atoms with Gasteiger partial charge >= 0.3 is 6.03 Å². The van der Waals surface area contributed by atoms with E-state index in [4.69, 9.17) is 6.42 Å². The first-order valence-corrected chi connectivity index (χ1v) is 21.3. The van der Waals surface area contributed by atoms with Gasteiger partial charge in [-0.15, -0.1) is 30.3 Å². The van der Waals surface area contributed by atoms with Gasteiger partial charge in [0.05, 0.1) is 10.9 Å². The smallest absolute Gasteiger partial charge is 0.315 e. The Morgan fingerprint density at radius 1 is 1.13 bits per heavy atom. The topological polar surface area (TPSA) is 150 Å². The fourth-order valence-electron chi connectivity index (χ4n) is 8.74. The summed E-state index contributed by atoms with van der Waals surface area (Å²) < 4.78 is 28.0. The van der Waals surface area contributed by atoms with Crippen LogP contribution >= 0.6 is 11.3 Å². The summed E-state index contributed by atoms with van der Waals surface area (Å²) in [7, 11) is -3.69. The number of Topliss-reactive ketones (excluding diaryl/α,β-unsaturated/α-hetero) is 3. The number of likely N-dealkylation sites (tertiary alicyclic amines) is 1. The highest BCUT2D eigenvalue weighted by atomic mass is 32.2. The van der Waals surface area contributed by atoms with E-state index in [0.29, 0.717) is 17.9 Å². The Kier molecular flexibility index (Phi) is 12.5. The van der Waals surface area contributed by atoms with Crippen molar-refractivity contribution in [1.29, 1.82) is 0 Å². The number of thiophene rings is 1. The molecule has 0 aromatic carbocycles. The molecule has 1 saturated heterocycles. The zero-order valence-electron chi connectivity index (χ0n) is 31.8. The molecular formula is C40H56N4O7S2. The summed E-state index contributed by atoms with van der Waals surface area (Å²) in [6, 6.07) is -1.20. The number of piperidine rings is 1. The van der Waals surface area contributed by atoms with Crippen molar-refractivity contribution in [3.8, 4) is 12.3 Å². The van der Waals surface area contributed by atoms with Gasteiger partial charge in [-0.3, -0.25) is 19.2 Å². The van der Waals surface area contributed by atoms with Crippen molar-refractivity contribution < 1.29 is 32.4 Å². The number of hydrogen-bond acceptors (Lipinski definition) is 8. The number of ketones is 3. The Bertz CT molecular complexity index is 1750. The maximum Gasteiger partial charge on any atom is 0.315 e. The molecule has 290 valence electrons. The molecule has 1 unspecified atom stereocenters. The third kappa shape index (κ3) is 8.65. The zero-order valence-corrected chi connectivity index (χ0v) is 33.5. The second kappa shape index (κ2) is 16.2. The van der Waals surface area contributed by atoms with Gasteiger partial charge in [0, 0.05) is 55.7 Å². The molecular weight excluding hydrogens is 713 g/mol. The number of terminal acetylenes is 1. The SMILES string of the molecule is C#CCCC(CC(=O)[C@@H]1[C@@H]2[C@H](CN1C(=O)[C@@H](NC(=O)N[C@H](CN1Cc3sccc3S1(=O)=O)C(C)(C)C)C1CCCCC1)C2(C)C)C(=O)C(=O)CCC=C. The number of fused-ring (bicyclic) bond motifs is 2. The summed E-state index contributed by atoms with van der Waals surface area (Å²) in [6.45, 7) is 14.3. The molecule has 5 rings (SSSR count). The molecule has 0 spiro atoms. The van der Waals surface area contributed by atoms with Crippen molar-refractivity contribution in [2.75, 3.05) is 13.1 Å². The van der Waals surface area contributed by atoms with Gasteiger partial charge < -0.3 is 15.5 Å². The predicted octanol–water partition coefficient (Wildman–Crippen LogP) is 5.49. The summed E-state index contributed by atoms with van der Waals surface area (Å²) in [4.78, 5) is 71.6. The number of urea groups is 1. The van der Waals surface area contributed by atoms with Gasteiger partial charge in [-0.25, -0.2) is 13.2 Å². The molecule has 2 saturated carbocycles. The first kappa shape index (κ1) is 40.8. The van der Waals surface area contributed by atoms with E-state index in [1.807, 2.05) is 20.8 Å². The summed E-state index contributed by atoms with van der Waals surface area (Å²) in [5.41, 5.74) is -0.702. The lowest BCUT2D eigenvalue weighted by Gasteiger charge is -2.38. The Labute approximate surface area is 319 Å². The third-order valence-electron chi connectivity index (χ3n) is 12.2. The normalized spacial score (nSPS) is 24.9. The van der Waals surface area contributed by atoms with Crippen molar-refractivity contribution in [1.82, 2.24) is 19.8 Å². The monoisotopic (exact) mass is 768 g/mol. The first-order chi connectivity index (χ1) is 24.9. The number of carbonyl (C=O) groups excluding carboxylic acids is 5. The summed E-state index contributed by atoms with van der Waals surface area (Å²) >= 11 is 1.39. The summed E-state index contributed by atoms with van der Waals surface area (Å²) in [5, 5.41) is 7.79. The van der Waals surface area contributed by atoms with Crippen molar-refractivity contribution in [2.24, 2.45) is 34.5 Å². The fraction of sp³-hybridized carbons (Fsp3) is 0.675. The Morgan fingerprint density at radius 2 is 1.83 bits per heavy atom. The van der Waals surface area contributed by atoms with Crippen LogP contribution in [0.1, 0.15) is 104 Å². The van der Waals surface area contributed by atoms with Gasteiger partial charge in [-0.2, -0.15) is 4.31 Å². The van der Waals surface area contributed by atoms with Crippen LogP contribution in [-0.2, 0) is 35.7 Å². The second-order valence-electron chi connectivity index (χ2n) is 17.0. The van der Waals surface area contributed by atoms with E-state index in [2.05, 4.69) is 37.0 Å². The van der Waals surface area contributed by atoms with E-state index >= 15 is 0 Å². The molecule has 6 atom stereocenters. The van der Waals surface area contributed by atoms with Crippen molar-refractivity contribution in [3.63, 3.8) is 0 Å². The van der Waals surface area contributed by atoms with Gasteiger partial charge in [0.1, 0.15) is 6.04 Å². The Hall–Kier alpha value is -3.34. The lowest BCUT2D eigenvalue weighted by Crippen LogP contribution is -2.60. The van der Waals surface area contributed by atoms with E-state index in [9.17, 15) is 32.4 Å². The van der Waals surface area contributed by atoms with Crippen LogP contribution in [0.3, 0.4) is 0 Å². The van der Waals surface area contributed by atoms with Crippen molar-refractivity contribution >= 4 is 50.6 Å². The number of allylic oxidation sites excluding steroid dienone is 1. The largest absolute Gasteiger partial charge is 0.334 e. The molecule has 3 fully saturated rings. The fourth-order valence-corrected chi connectivity index (χ4v) is 11.7. The maximum absolute atomic E-state index is 14.7. The molecule has 1 aromatic rings. The average molecular weight is 769 g/mol. The van der Waals surface area contributed by atoms with Crippen LogP contribution < -0.4 is 10.6 Å². The quantitative estimate of drug-likeness (QED) is 0.128. The van der Waals surface area contributed by atoms with Crippen LogP contribution in [0, 0.1) is 46.8 Å². The summed E-state index contributed by atoms with van der Waals surface area (Å²) in [5.74, 6) is -0.243. The third-order valence-corrected chi connectivity index (χ3v) is 15.1. The van der Waals surface area contributed by atoms with Gasteiger partial charge in [0.15, 0.2) is 11.6 Å². The van der Waals surface area contributed by atoms with E-state index < -0.39 is 57.1 Å². The molecule has 53 heavy (non-hydrogen) atoms. The highest BCUT2D eigenvalue weighted by Crippen LogP contribution is 2.65. The molecule has 0 radical (unpaired) electrons. The highest BCUT2D eigenvalue weighted by molar-refractivity contribution is 7.89. The van der Waals surface area contributed by atoms with Crippen LogP contribution in [0.4, 0.5) is 4.79 Å². The van der Waals surface area contributed by atoms with Gasteiger partial charge in [-0.1, -0.05) is 60.0 Å². The second-order valence-corrected chi connectivity index (χ2v) is 19.9. The molecule has 11 nitrogen and oxygen atoms in total. The van der Waals surface area contributed by atoms with Gasteiger partial charge in [-0.05, 0) is 65.7 Å². The van der Waals surface area contributed by atoms with Crippen LogP contribution in [0.15, 0.2) is 29.0 Å². The number of nitrogens with zero attached hydrogens (tertiary/aromatic N) is 2. The molecule has 3 amide bonds. The van der Waals surface area contributed by atoms with E-state index in [1.165, 1.54) is 15.6 Å². The maximum atomic E-state index is 14.7. The van der Waals surface area contributed by atoms with Crippen molar-refractivity contribution in [3.05, 3.63) is 29.0 Å². The molecule has 4 aliphatic rings. The lowest BCUT2D eigenvalue weighted by atomic mass is 9.82. The number of sulfonamides is 1.